The number of halogens is 1. The van der Waals surface area contributed by atoms with Gasteiger partial charge >= 0.3 is 6.03 Å². The minimum Gasteiger partial charge on any atom is -0.490 e. The second-order valence-electron chi connectivity index (χ2n) is 9.27. The number of hydrogen-bond acceptors (Lipinski definition) is 7. The van der Waals surface area contributed by atoms with Gasteiger partial charge in [0, 0.05) is 11.8 Å². The number of ether oxygens (including phenoxy) is 3. The van der Waals surface area contributed by atoms with Crippen molar-refractivity contribution in [1.29, 1.82) is 0 Å². The van der Waals surface area contributed by atoms with Gasteiger partial charge in [-0.1, -0.05) is 36.7 Å². The molecule has 1 saturated heterocycles. The van der Waals surface area contributed by atoms with Gasteiger partial charge in [-0.25, -0.2) is 9.69 Å². The minimum absolute atomic E-state index is 0.160. The molecule has 3 aromatic carbocycles. The maximum absolute atomic E-state index is 13.4. The van der Waals surface area contributed by atoms with Crippen molar-refractivity contribution in [3.8, 4) is 17.2 Å². The fraction of sp³-hybridized carbons (Fsp3) is 0.226. The van der Waals surface area contributed by atoms with E-state index in [-0.39, 0.29) is 34.5 Å². The second kappa shape index (κ2) is 13.7. The predicted molar refractivity (Wildman–Crippen MR) is 159 cm³/mol. The summed E-state index contributed by atoms with van der Waals surface area (Å²) in [5, 5.41) is 5.10. The molecular weight excluding hydrogens is 562 g/mol. The van der Waals surface area contributed by atoms with Crippen molar-refractivity contribution in [2.75, 3.05) is 30.0 Å². The number of urea groups is 1. The molecule has 1 aliphatic rings. The molecule has 0 saturated carbocycles. The highest BCUT2D eigenvalue weighted by Gasteiger charge is 2.37. The summed E-state index contributed by atoms with van der Waals surface area (Å²) < 4.78 is 16.9. The van der Waals surface area contributed by atoms with Gasteiger partial charge in [0.1, 0.15) is 11.3 Å². The first-order chi connectivity index (χ1) is 20.2. The average molecular weight is 592 g/mol. The zero-order valence-electron chi connectivity index (χ0n) is 23.4. The van der Waals surface area contributed by atoms with Gasteiger partial charge in [-0.3, -0.25) is 19.7 Å². The van der Waals surface area contributed by atoms with E-state index in [4.69, 9.17) is 25.8 Å². The lowest BCUT2D eigenvalue weighted by molar-refractivity contribution is -0.122. The van der Waals surface area contributed by atoms with Gasteiger partial charge in [0.15, 0.2) is 18.1 Å². The zero-order valence-corrected chi connectivity index (χ0v) is 24.1. The molecule has 1 aliphatic heterocycles. The van der Waals surface area contributed by atoms with Gasteiger partial charge in [-0.2, -0.15) is 0 Å². The van der Waals surface area contributed by atoms with Crippen LogP contribution in [0.2, 0.25) is 5.02 Å². The van der Waals surface area contributed by atoms with Crippen molar-refractivity contribution in [3.05, 3.63) is 82.4 Å². The third kappa shape index (κ3) is 7.27. The van der Waals surface area contributed by atoms with Gasteiger partial charge in [-0.15, -0.1) is 0 Å². The number of rotatable bonds is 11. The molecule has 0 spiro atoms. The van der Waals surface area contributed by atoms with Crippen LogP contribution in [-0.2, 0) is 14.4 Å². The van der Waals surface area contributed by atoms with Crippen LogP contribution in [0.15, 0.2) is 66.2 Å². The molecule has 1 heterocycles. The quantitative estimate of drug-likeness (QED) is 0.222. The summed E-state index contributed by atoms with van der Waals surface area (Å²) in [5.74, 6) is -0.959. The molecule has 4 rings (SSSR count). The van der Waals surface area contributed by atoms with E-state index in [9.17, 15) is 19.2 Å². The van der Waals surface area contributed by atoms with Crippen molar-refractivity contribution >= 4 is 52.8 Å². The average Bonchev–Trinajstić information content (AvgIpc) is 2.94. The zero-order chi connectivity index (χ0) is 30.2. The largest absolute Gasteiger partial charge is 0.490 e. The van der Waals surface area contributed by atoms with E-state index in [0.717, 1.165) is 16.9 Å². The van der Waals surface area contributed by atoms with Crippen molar-refractivity contribution in [2.45, 2.75) is 27.2 Å². The topological polar surface area (TPSA) is 123 Å². The van der Waals surface area contributed by atoms with Crippen molar-refractivity contribution in [2.24, 2.45) is 0 Å². The molecule has 11 heteroatoms. The molecule has 218 valence electrons. The lowest BCUT2D eigenvalue weighted by atomic mass is 10.1. The number of hydrogen-bond donors (Lipinski definition) is 2. The van der Waals surface area contributed by atoms with E-state index in [0.29, 0.717) is 36.0 Å². The molecule has 0 aliphatic carbocycles. The summed E-state index contributed by atoms with van der Waals surface area (Å²) in [6.45, 7) is 6.22. The Kier molecular flexibility index (Phi) is 9.82. The SMILES string of the molecule is CCCOc1ccc(N2C(=O)NC(=O)/C(=C\c3ccc(OCC(=O)Nc4cccc(C)c4)c(Cl)c3)C2=O)cc1OCC. The monoisotopic (exact) mass is 591 g/mol. The Hall–Kier alpha value is -4.83. The molecule has 2 N–H and O–H groups in total. The first kappa shape index (κ1) is 30.1. The first-order valence-electron chi connectivity index (χ1n) is 13.3. The Balaban J connectivity index is 1.50. The number of nitrogens with zero attached hydrogens (tertiary/aromatic N) is 1. The number of nitrogens with one attached hydrogen (secondary N) is 2. The molecule has 1 fully saturated rings. The highest BCUT2D eigenvalue weighted by molar-refractivity contribution is 6.39. The summed E-state index contributed by atoms with van der Waals surface area (Å²) >= 11 is 6.37. The van der Waals surface area contributed by atoms with Crippen LogP contribution in [-0.4, -0.2) is 43.6 Å². The molecule has 5 amide bonds. The Morgan fingerprint density at radius 3 is 2.45 bits per heavy atom. The number of carbonyl (C=O) groups excluding carboxylic acids is 4. The van der Waals surface area contributed by atoms with E-state index < -0.39 is 17.8 Å². The van der Waals surface area contributed by atoms with Gasteiger partial charge < -0.3 is 19.5 Å². The third-order valence-corrected chi connectivity index (χ3v) is 6.27. The second-order valence-corrected chi connectivity index (χ2v) is 9.67. The van der Waals surface area contributed by atoms with Gasteiger partial charge in [-0.05, 0) is 73.9 Å². The van der Waals surface area contributed by atoms with Crippen LogP contribution in [0.5, 0.6) is 17.2 Å². The number of amides is 5. The smallest absolute Gasteiger partial charge is 0.335 e. The summed E-state index contributed by atoms with van der Waals surface area (Å²) in [6.07, 6.45) is 2.11. The van der Waals surface area contributed by atoms with Gasteiger partial charge in [0.25, 0.3) is 17.7 Å². The molecular formula is C31H30ClN3O7. The van der Waals surface area contributed by atoms with Gasteiger partial charge in [0.2, 0.25) is 0 Å². The van der Waals surface area contributed by atoms with E-state index in [1.807, 2.05) is 32.0 Å². The lowest BCUT2D eigenvalue weighted by Crippen LogP contribution is -2.54. The Morgan fingerprint density at radius 1 is 0.952 bits per heavy atom. The van der Waals surface area contributed by atoms with E-state index in [2.05, 4.69) is 10.6 Å². The van der Waals surface area contributed by atoms with Crippen LogP contribution in [0.4, 0.5) is 16.2 Å². The number of aryl methyl sites for hydroxylation is 1. The maximum atomic E-state index is 13.4. The highest BCUT2D eigenvalue weighted by Crippen LogP contribution is 2.34. The summed E-state index contributed by atoms with van der Waals surface area (Å²) in [4.78, 5) is 51.9. The van der Waals surface area contributed by atoms with Crippen molar-refractivity contribution < 1.29 is 33.4 Å². The Bertz CT molecular complexity index is 1550. The normalized spacial score (nSPS) is 14.0. The summed E-state index contributed by atoms with van der Waals surface area (Å²) in [5.41, 5.74) is 1.98. The molecule has 42 heavy (non-hydrogen) atoms. The van der Waals surface area contributed by atoms with Crippen LogP contribution in [0.1, 0.15) is 31.4 Å². The van der Waals surface area contributed by atoms with Crippen LogP contribution in [0.25, 0.3) is 6.08 Å². The number of imide groups is 2. The van der Waals surface area contributed by atoms with Crippen LogP contribution in [0.3, 0.4) is 0 Å². The summed E-state index contributed by atoms with van der Waals surface area (Å²) in [6, 6.07) is 15.7. The van der Waals surface area contributed by atoms with Gasteiger partial charge in [0.05, 0.1) is 23.9 Å². The number of benzene rings is 3. The van der Waals surface area contributed by atoms with Crippen molar-refractivity contribution in [1.82, 2.24) is 5.32 Å². The van der Waals surface area contributed by atoms with E-state index >= 15 is 0 Å². The number of barbiturate groups is 1. The molecule has 10 nitrogen and oxygen atoms in total. The van der Waals surface area contributed by atoms with E-state index in [1.165, 1.54) is 30.3 Å². The molecule has 0 unspecified atom stereocenters. The standard InChI is InChI=1S/C31H30ClN3O7/c1-4-13-41-26-12-10-22(17-27(26)40-5-2)35-30(38)23(29(37)34-31(35)39)15-20-9-11-25(24(32)16-20)42-18-28(36)33-21-8-6-7-19(3)14-21/h6-12,14-17H,4-5,13,18H2,1-3H3,(H,33,36)(H,34,37,39)/b23-15+. The fourth-order valence-corrected chi connectivity index (χ4v) is 4.32. The minimum atomic E-state index is -0.891. The van der Waals surface area contributed by atoms with E-state index in [1.54, 1.807) is 25.1 Å². The Labute approximate surface area is 248 Å². The summed E-state index contributed by atoms with van der Waals surface area (Å²) in [7, 11) is 0. The molecule has 0 radical (unpaired) electrons. The fourth-order valence-electron chi connectivity index (χ4n) is 4.08. The molecule has 0 bridgehead atoms. The lowest BCUT2D eigenvalue weighted by Gasteiger charge is -2.27. The number of anilines is 2. The molecule has 0 aromatic heterocycles. The molecule has 0 atom stereocenters. The Morgan fingerprint density at radius 2 is 1.74 bits per heavy atom. The van der Waals surface area contributed by atoms with Crippen LogP contribution < -0.4 is 29.7 Å². The predicted octanol–water partition coefficient (Wildman–Crippen LogP) is 5.52. The highest BCUT2D eigenvalue weighted by atomic mass is 35.5. The molecule has 3 aromatic rings. The van der Waals surface area contributed by atoms with Crippen LogP contribution >= 0.6 is 11.6 Å². The maximum Gasteiger partial charge on any atom is 0.335 e. The first-order valence-corrected chi connectivity index (χ1v) is 13.7. The third-order valence-electron chi connectivity index (χ3n) is 5.98. The van der Waals surface area contributed by atoms with Crippen molar-refractivity contribution in [3.63, 3.8) is 0 Å². The van der Waals surface area contributed by atoms with Crippen LogP contribution in [0, 0.1) is 6.92 Å². The number of carbonyl (C=O) groups is 4.